The number of aliphatic carboxylic acids is 1. The highest BCUT2D eigenvalue weighted by atomic mass is 32.1. The average molecular weight is 496 g/mol. The summed E-state index contributed by atoms with van der Waals surface area (Å²) in [6.45, 7) is -1.94. The van der Waals surface area contributed by atoms with E-state index in [4.69, 9.17) is 0 Å². The Morgan fingerprint density at radius 3 is 1.38 bits per heavy atom. The molecular weight excluding hydrogens is 473 g/mol. The Balaban J connectivity index is 2.20. The van der Waals surface area contributed by atoms with Crippen molar-refractivity contribution in [3.63, 3.8) is 0 Å². The summed E-state index contributed by atoms with van der Waals surface area (Å²) in [6, 6.07) is 26.2. The van der Waals surface area contributed by atoms with Gasteiger partial charge in [-0.1, -0.05) is 91.0 Å². The molecule has 3 rings (SSSR count). The third-order valence-corrected chi connectivity index (χ3v) is 6.20. The zero-order valence-corrected chi connectivity index (χ0v) is 18.7. The molecule has 0 bridgehead atoms. The largest absolute Gasteiger partial charge is 0.479 e. The Labute approximate surface area is 199 Å². The topological polar surface area (TPSA) is 49.3 Å². The highest BCUT2D eigenvalue weighted by Crippen LogP contribution is 2.46. The number of hydrogen-bond donors (Lipinski definition) is 3. The van der Waals surface area contributed by atoms with E-state index < -0.39 is 41.3 Å². The lowest BCUT2D eigenvalue weighted by molar-refractivity contribution is -0.279. The fraction of sp³-hybridized carbons (Fsp3) is 0.240. The maximum absolute atomic E-state index is 13.7. The first-order valence-electron chi connectivity index (χ1n) is 10.2. The average Bonchev–Trinajstić information content (AvgIpc) is 2.82. The van der Waals surface area contributed by atoms with Crippen LogP contribution in [0.4, 0.5) is 22.0 Å². The molecule has 180 valence electrons. The number of carboxylic acid groups (broad SMARTS) is 1. The molecule has 0 saturated heterocycles. The molecule has 0 fully saturated rings. The second-order valence-electron chi connectivity index (χ2n) is 7.90. The van der Waals surface area contributed by atoms with Crippen molar-refractivity contribution in [3.8, 4) is 0 Å². The molecular formula is C25H22F5NO2S. The fourth-order valence-electron chi connectivity index (χ4n) is 3.93. The predicted molar refractivity (Wildman–Crippen MR) is 122 cm³/mol. The van der Waals surface area contributed by atoms with Crippen LogP contribution in [0.3, 0.4) is 0 Å². The molecule has 34 heavy (non-hydrogen) atoms. The van der Waals surface area contributed by atoms with Crippen LogP contribution in [0.25, 0.3) is 0 Å². The summed E-state index contributed by atoms with van der Waals surface area (Å²) in [5.41, 5.74) is 0.620. The van der Waals surface area contributed by atoms with Crippen molar-refractivity contribution in [2.75, 3.05) is 6.54 Å². The number of nitrogens with one attached hydrogen (secondary N) is 1. The molecule has 0 aliphatic carbocycles. The van der Waals surface area contributed by atoms with Gasteiger partial charge in [0.15, 0.2) is 4.87 Å². The summed E-state index contributed by atoms with van der Waals surface area (Å²) < 4.78 is 65.8. The molecule has 0 heterocycles. The fourth-order valence-corrected chi connectivity index (χ4v) is 4.25. The maximum atomic E-state index is 13.7. The number of alkyl halides is 5. The molecule has 0 amide bonds. The van der Waals surface area contributed by atoms with E-state index in [0.717, 1.165) is 0 Å². The Bertz CT molecular complexity index is 998. The van der Waals surface area contributed by atoms with Gasteiger partial charge < -0.3 is 5.11 Å². The molecule has 2 N–H and O–H groups in total. The SMILES string of the molecule is O=C(O)[C@](S)(CC(c1ccccc1)(c1ccccc1)c1ccccc1)NCC(F)(F)C(F)(F)F. The highest BCUT2D eigenvalue weighted by Gasteiger charge is 2.58. The van der Waals surface area contributed by atoms with Crippen LogP contribution in [0.5, 0.6) is 0 Å². The molecule has 0 aromatic heterocycles. The third kappa shape index (κ3) is 5.10. The van der Waals surface area contributed by atoms with Crippen LogP contribution in [0, 0.1) is 0 Å². The van der Waals surface area contributed by atoms with Gasteiger partial charge in [0.2, 0.25) is 0 Å². The van der Waals surface area contributed by atoms with E-state index in [1.807, 2.05) is 5.32 Å². The van der Waals surface area contributed by atoms with Gasteiger partial charge in [-0.15, -0.1) is 12.6 Å². The van der Waals surface area contributed by atoms with Crippen LogP contribution in [0.1, 0.15) is 23.1 Å². The number of carbonyl (C=O) groups is 1. The number of halogens is 5. The van der Waals surface area contributed by atoms with E-state index in [0.29, 0.717) is 16.7 Å². The Kier molecular flexibility index (Phi) is 7.38. The molecule has 3 aromatic rings. The maximum Gasteiger partial charge on any atom is 0.454 e. The van der Waals surface area contributed by atoms with Crippen LogP contribution in [0.15, 0.2) is 91.0 Å². The second kappa shape index (κ2) is 9.76. The van der Waals surface area contributed by atoms with Gasteiger partial charge in [0, 0.05) is 11.8 Å². The molecule has 0 radical (unpaired) electrons. The lowest BCUT2D eigenvalue weighted by Crippen LogP contribution is -2.57. The molecule has 0 unspecified atom stereocenters. The van der Waals surface area contributed by atoms with E-state index in [-0.39, 0.29) is 0 Å². The monoisotopic (exact) mass is 495 g/mol. The van der Waals surface area contributed by atoms with Crippen LogP contribution in [-0.2, 0) is 10.2 Å². The zero-order chi connectivity index (χ0) is 25.0. The number of thiol groups is 1. The third-order valence-electron chi connectivity index (χ3n) is 5.69. The first kappa shape index (κ1) is 25.7. The molecule has 9 heteroatoms. The van der Waals surface area contributed by atoms with Crippen LogP contribution in [-0.4, -0.2) is 34.6 Å². The van der Waals surface area contributed by atoms with Crippen LogP contribution >= 0.6 is 12.6 Å². The van der Waals surface area contributed by atoms with E-state index in [1.54, 1.807) is 91.0 Å². The Morgan fingerprint density at radius 2 is 1.09 bits per heavy atom. The molecule has 1 atom stereocenters. The van der Waals surface area contributed by atoms with E-state index >= 15 is 0 Å². The molecule has 0 saturated carbocycles. The molecule has 3 nitrogen and oxygen atoms in total. The minimum atomic E-state index is -5.84. The lowest BCUT2D eigenvalue weighted by Gasteiger charge is -2.41. The van der Waals surface area contributed by atoms with Crippen molar-refractivity contribution in [1.82, 2.24) is 5.32 Å². The number of rotatable bonds is 9. The van der Waals surface area contributed by atoms with Gasteiger partial charge in [0.25, 0.3) is 0 Å². The molecule has 3 aromatic carbocycles. The summed E-state index contributed by atoms with van der Waals surface area (Å²) in [4.78, 5) is 9.85. The van der Waals surface area contributed by atoms with Gasteiger partial charge in [-0.2, -0.15) is 22.0 Å². The van der Waals surface area contributed by atoms with Crippen molar-refractivity contribution in [2.24, 2.45) is 0 Å². The quantitative estimate of drug-likeness (QED) is 0.150. The van der Waals surface area contributed by atoms with Crippen molar-refractivity contribution >= 4 is 18.6 Å². The molecule has 0 aliphatic heterocycles. The number of hydrogen-bond acceptors (Lipinski definition) is 3. The highest BCUT2D eigenvalue weighted by molar-refractivity contribution is 7.82. The second-order valence-corrected chi connectivity index (χ2v) is 8.66. The van der Waals surface area contributed by atoms with Gasteiger partial charge >= 0.3 is 18.1 Å². The van der Waals surface area contributed by atoms with Crippen molar-refractivity contribution in [1.29, 1.82) is 0 Å². The lowest BCUT2D eigenvalue weighted by atomic mass is 9.65. The molecule has 0 aliphatic rings. The minimum absolute atomic E-state index is 0.468. The Morgan fingerprint density at radius 1 is 0.735 bits per heavy atom. The molecule has 0 spiro atoms. The smallest absolute Gasteiger partial charge is 0.454 e. The number of benzene rings is 3. The van der Waals surface area contributed by atoms with E-state index in [1.165, 1.54) is 0 Å². The van der Waals surface area contributed by atoms with Gasteiger partial charge in [0.1, 0.15) is 0 Å². The first-order chi connectivity index (χ1) is 15.9. The van der Waals surface area contributed by atoms with Crippen LogP contribution in [0.2, 0.25) is 0 Å². The predicted octanol–water partition coefficient (Wildman–Crippen LogP) is 5.91. The summed E-state index contributed by atoms with van der Waals surface area (Å²) in [7, 11) is 0. The van der Waals surface area contributed by atoms with Gasteiger partial charge in [-0.25, -0.2) is 4.79 Å². The summed E-state index contributed by atoms with van der Waals surface area (Å²) in [6.07, 6.45) is -6.31. The summed E-state index contributed by atoms with van der Waals surface area (Å²) >= 11 is 4.15. The van der Waals surface area contributed by atoms with E-state index in [9.17, 15) is 31.9 Å². The van der Waals surface area contributed by atoms with Gasteiger partial charge in [-0.3, -0.25) is 5.32 Å². The van der Waals surface area contributed by atoms with Crippen molar-refractivity contribution in [2.45, 2.75) is 28.8 Å². The van der Waals surface area contributed by atoms with Gasteiger partial charge in [0.05, 0.1) is 6.54 Å². The van der Waals surface area contributed by atoms with Gasteiger partial charge in [-0.05, 0) is 16.7 Å². The first-order valence-corrected chi connectivity index (χ1v) is 10.7. The number of carboxylic acids is 1. The van der Waals surface area contributed by atoms with Crippen molar-refractivity contribution < 1.29 is 31.9 Å². The Hall–Kier alpha value is -2.91. The summed E-state index contributed by atoms with van der Waals surface area (Å²) in [5.74, 6) is -6.83. The normalized spacial score (nSPS) is 14.4. The minimum Gasteiger partial charge on any atom is -0.479 e. The standard InChI is InChI=1S/C25H22F5NO2S/c26-24(27,25(28,29)30)17-31-23(34,21(32)33)16-22(18-10-4-1-5-11-18,19-12-6-2-7-13-19)20-14-8-3-9-15-20/h1-15,31,34H,16-17H2,(H,32,33)/t23-/m1/s1. The zero-order valence-electron chi connectivity index (χ0n) is 17.8. The van der Waals surface area contributed by atoms with Crippen LogP contribution < -0.4 is 5.32 Å². The summed E-state index contributed by atoms with van der Waals surface area (Å²) in [5, 5.41) is 11.9. The van der Waals surface area contributed by atoms with E-state index in [2.05, 4.69) is 12.6 Å². The van der Waals surface area contributed by atoms with Crippen molar-refractivity contribution in [3.05, 3.63) is 108 Å².